The molecule has 3 nitrogen and oxygen atoms in total. The van der Waals surface area contributed by atoms with Gasteiger partial charge in [0.25, 0.3) is 0 Å². The first-order valence-corrected chi connectivity index (χ1v) is 7.26. The Labute approximate surface area is 115 Å². The van der Waals surface area contributed by atoms with Gasteiger partial charge in [-0.3, -0.25) is 0 Å². The van der Waals surface area contributed by atoms with Crippen molar-refractivity contribution in [2.45, 2.75) is 51.6 Å². The Morgan fingerprint density at radius 3 is 2.79 bits per heavy atom. The molecule has 1 atom stereocenters. The van der Waals surface area contributed by atoms with Gasteiger partial charge in [0.2, 0.25) is 0 Å². The van der Waals surface area contributed by atoms with Gasteiger partial charge in [-0.05, 0) is 52.3 Å². The standard InChI is InChI=1S/C16H23N3/c1-16(2,3)19-14-9-5-4-8-13(14)18-15(19)11-12-7-6-10-17-12/h4-5,8-9,12,17H,6-7,10-11H2,1-3H3. The molecular formula is C16H23N3. The van der Waals surface area contributed by atoms with E-state index in [4.69, 9.17) is 4.98 Å². The van der Waals surface area contributed by atoms with E-state index in [0.717, 1.165) is 18.5 Å². The maximum absolute atomic E-state index is 4.87. The van der Waals surface area contributed by atoms with Crippen LogP contribution in [0.15, 0.2) is 24.3 Å². The van der Waals surface area contributed by atoms with Crippen LogP contribution < -0.4 is 5.32 Å². The third-order valence-corrected chi connectivity index (χ3v) is 3.89. The smallest absolute Gasteiger partial charge is 0.111 e. The number of aromatic nitrogens is 2. The quantitative estimate of drug-likeness (QED) is 0.896. The Morgan fingerprint density at radius 1 is 1.32 bits per heavy atom. The van der Waals surface area contributed by atoms with Crippen molar-refractivity contribution in [1.29, 1.82) is 0 Å². The van der Waals surface area contributed by atoms with Crippen LogP contribution in [0.2, 0.25) is 0 Å². The number of nitrogens with one attached hydrogen (secondary N) is 1. The van der Waals surface area contributed by atoms with Gasteiger partial charge in [-0.25, -0.2) is 4.98 Å². The number of imidazole rings is 1. The van der Waals surface area contributed by atoms with Crippen LogP contribution in [-0.4, -0.2) is 22.1 Å². The number of hydrogen-bond donors (Lipinski definition) is 1. The maximum atomic E-state index is 4.87. The molecule has 0 spiro atoms. The molecule has 1 aromatic heterocycles. The van der Waals surface area contributed by atoms with Crippen molar-refractivity contribution in [2.75, 3.05) is 6.54 Å². The molecular weight excluding hydrogens is 234 g/mol. The van der Waals surface area contributed by atoms with E-state index in [0.29, 0.717) is 6.04 Å². The second-order valence-corrected chi connectivity index (χ2v) is 6.52. The molecule has 2 heterocycles. The average molecular weight is 257 g/mol. The number of hydrogen-bond acceptors (Lipinski definition) is 2. The number of benzene rings is 1. The van der Waals surface area contributed by atoms with Gasteiger partial charge in [0.15, 0.2) is 0 Å². The minimum atomic E-state index is 0.0735. The summed E-state index contributed by atoms with van der Waals surface area (Å²) >= 11 is 0. The zero-order chi connectivity index (χ0) is 13.5. The van der Waals surface area contributed by atoms with Gasteiger partial charge in [0.1, 0.15) is 5.82 Å². The molecule has 102 valence electrons. The van der Waals surface area contributed by atoms with Gasteiger partial charge in [-0.1, -0.05) is 12.1 Å². The fourth-order valence-electron chi connectivity index (χ4n) is 3.11. The van der Waals surface area contributed by atoms with E-state index in [-0.39, 0.29) is 5.54 Å². The highest BCUT2D eigenvalue weighted by Gasteiger charge is 2.24. The summed E-state index contributed by atoms with van der Waals surface area (Å²) in [5.74, 6) is 1.22. The molecule has 3 rings (SSSR count). The molecule has 1 N–H and O–H groups in total. The monoisotopic (exact) mass is 257 g/mol. The van der Waals surface area contributed by atoms with E-state index in [1.807, 2.05) is 0 Å². The number of para-hydroxylation sites is 2. The SMILES string of the molecule is CC(C)(C)n1c(CC2CCCN2)nc2ccccc21. The van der Waals surface area contributed by atoms with Gasteiger partial charge < -0.3 is 9.88 Å². The van der Waals surface area contributed by atoms with Crippen LogP contribution >= 0.6 is 0 Å². The maximum Gasteiger partial charge on any atom is 0.111 e. The lowest BCUT2D eigenvalue weighted by molar-refractivity contribution is 0.387. The predicted octanol–water partition coefficient (Wildman–Crippen LogP) is 3.09. The summed E-state index contributed by atoms with van der Waals surface area (Å²) in [6.07, 6.45) is 3.60. The van der Waals surface area contributed by atoms with Crippen molar-refractivity contribution in [2.24, 2.45) is 0 Å². The molecule has 1 aliphatic heterocycles. The van der Waals surface area contributed by atoms with E-state index < -0.39 is 0 Å². The third-order valence-electron chi connectivity index (χ3n) is 3.89. The Kier molecular flexibility index (Phi) is 3.09. The Bertz CT molecular complexity index is 571. The molecule has 0 radical (unpaired) electrons. The first-order chi connectivity index (χ1) is 9.05. The lowest BCUT2D eigenvalue weighted by atomic mass is 10.1. The van der Waals surface area contributed by atoms with Crippen molar-refractivity contribution < 1.29 is 0 Å². The summed E-state index contributed by atoms with van der Waals surface area (Å²) in [6.45, 7) is 7.92. The largest absolute Gasteiger partial charge is 0.323 e. The summed E-state index contributed by atoms with van der Waals surface area (Å²) in [5.41, 5.74) is 2.44. The Balaban J connectivity index is 2.06. The Morgan fingerprint density at radius 2 is 2.11 bits per heavy atom. The van der Waals surface area contributed by atoms with Crippen molar-refractivity contribution in [3.8, 4) is 0 Å². The molecule has 0 aliphatic carbocycles. The number of fused-ring (bicyclic) bond motifs is 1. The fourth-order valence-corrected chi connectivity index (χ4v) is 3.11. The van der Waals surface area contributed by atoms with E-state index in [1.165, 1.54) is 24.2 Å². The highest BCUT2D eigenvalue weighted by atomic mass is 15.1. The lowest BCUT2D eigenvalue weighted by Gasteiger charge is -2.25. The molecule has 1 aromatic carbocycles. The van der Waals surface area contributed by atoms with Crippen LogP contribution in [-0.2, 0) is 12.0 Å². The molecule has 1 fully saturated rings. The van der Waals surface area contributed by atoms with Crippen LogP contribution in [0.1, 0.15) is 39.4 Å². The van der Waals surface area contributed by atoms with Crippen molar-refractivity contribution >= 4 is 11.0 Å². The summed E-state index contributed by atoms with van der Waals surface area (Å²) < 4.78 is 2.41. The molecule has 3 heteroatoms. The first kappa shape index (κ1) is 12.7. The molecule has 0 saturated carbocycles. The summed E-state index contributed by atoms with van der Waals surface area (Å²) in [5, 5.41) is 3.57. The molecule has 0 amide bonds. The van der Waals surface area contributed by atoms with E-state index >= 15 is 0 Å². The fraction of sp³-hybridized carbons (Fsp3) is 0.562. The Hall–Kier alpha value is -1.35. The van der Waals surface area contributed by atoms with Crippen LogP contribution in [0, 0.1) is 0 Å². The van der Waals surface area contributed by atoms with Gasteiger partial charge in [0.05, 0.1) is 11.0 Å². The van der Waals surface area contributed by atoms with E-state index in [9.17, 15) is 0 Å². The summed E-state index contributed by atoms with van der Waals surface area (Å²) in [4.78, 5) is 4.87. The molecule has 2 aromatic rings. The van der Waals surface area contributed by atoms with E-state index in [1.54, 1.807) is 0 Å². The van der Waals surface area contributed by atoms with E-state index in [2.05, 4.69) is 54.9 Å². The van der Waals surface area contributed by atoms with Gasteiger partial charge >= 0.3 is 0 Å². The highest BCUT2D eigenvalue weighted by Crippen LogP contribution is 2.26. The number of rotatable bonds is 2. The van der Waals surface area contributed by atoms with Crippen molar-refractivity contribution in [1.82, 2.24) is 14.9 Å². The van der Waals surface area contributed by atoms with Crippen molar-refractivity contribution in [3.05, 3.63) is 30.1 Å². The minimum absolute atomic E-state index is 0.0735. The van der Waals surface area contributed by atoms with Gasteiger partial charge in [-0.2, -0.15) is 0 Å². The second kappa shape index (κ2) is 4.64. The first-order valence-electron chi connectivity index (χ1n) is 7.26. The van der Waals surface area contributed by atoms with Crippen LogP contribution in [0.4, 0.5) is 0 Å². The highest BCUT2D eigenvalue weighted by molar-refractivity contribution is 5.76. The normalized spacial score (nSPS) is 20.3. The number of nitrogens with zero attached hydrogens (tertiary/aromatic N) is 2. The van der Waals surface area contributed by atoms with Gasteiger partial charge in [0, 0.05) is 18.0 Å². The summed E-state index contributed by atoms with van der Waals surface area (Å²) in [6, 6.07) is 9.06. The minimum Gasteiger partial charge on any atom is -0.323 e. The molecule has 0 bridgehead atoms. The average Bonchev–Trinajstić information content (AvgIpc) is 2.94. The van der Waals surface area contributed by atoms with Crippen LogP contribution in [0.3, 0.4) is 0 Å². The van der Waals surface area contributed by atoms with Gasteiger partial charge in [-0.15, -0.1) is 0 Å². The molecule has 1 aliphatic rings. The lowest BCUT2D eigenvalue weighted by Crippen LogP contribution is -2.29. The van der Waals surface area contributed by atoms with Crippen molar-refractivity contribution in [3.63, 3.8) is 0 Å². The van der Waals surface area contributed by atoms with Crippen LogP contribution in [0.5, 0.6) is 0 Å². The third kappa shape index (κ3) is 2.39. The zero-order valence-corrected chi connectivity index (χ0v) is 12.1. The molecule has 1 saturated heterocycles. The zero-order valence-electron chi connectivity index (χ0n) is 12.1. The predicted molar refractivity (Wildman–Crippen MR) is 79.5 cm³/mol. The summed E-state index contributed by atoms with van der Waals surface area (Å²) in [7, 11) is 0. The molecule has 19 heavy (non-hydrogen) atoms. The molecule has 1 unspecified atom stereocenters. The topological polar surface area (TPSA) is 29.9 Å². The second-order valence-electron chi connectivity index (χ2n) is 6.52. The van der Waals surface area contributed by atoms with Crippen LogP contribution in [0.25, 0.3) is 11.0 Å².